The number of hydrogen-bond donors (Lipinski definition) is 1. The van der Waals surface area contributed by atoms with Crippen LogP contribution in [0.4, 0.5) is 4.39 Å². The zero-order valence-corrected chi connectivity index (χ0v) is 5.98. The number of hydrogen-bond acceptors (Lipinski definition) is 2. The van der Waals surface area contributed by atoms with Crippen LogP contribution in [0.3, 0.4) is 0 Å². The Morgan fingerprint density at radius 2 is 2.33 bits per heavy atom. The normalized spacial score (nSPS) is 13.7. The van der Waals surface area contributed by atoms with E-state index < -0.39 is 0 Å². The molecule has 56 valence electrons. The minimum atomic E-state index is -0.359. The summed E-state index contributed by atoms with van der Waals surface area (Å²) in [5.41, 5.74) is 0. The van der Waals surface area contributed by atoms with Gasteiger partial charge in [-0.2, -0.15) is 0 Å². The van der Waals surface area contributed by atoms with Crippen molar-refractivity contribution in [2.24, 2.45) is 0 Å². The van der Waals surface area contributed by atoms with E-state index >= 15 is 0 Å². The quantitative estimate of drug-likeness (QED) is 0.595. The molecule has 0 radical (unpaired) electrons. The predicted molar refractivity (Wildman–Crippen MR) is 35.3 cm³/mol. The minimum absolute atomic E-state index is 0.125. The average Bonchev–Trinajstić information content (AvgIpc) is 1.88. The van der Waals surface area contributed by atoms with Gasteiger partial charge in [0.2, 0.25) is 0 Å². The van der Waals surface area contributed by atoms with Gasteiger partial charge in [-0.15, -0.1) is 0 Å². The second-order valence-corrected chi connectivity index (χ2v) is 1.86. The van der Waals surface area contributed by atoms with Crippen LogP contribution < -0.4 is 5.32 Å². The Balaban J connectivity index is 3.18. The molecule has 0 saturated heterocycles. The molecule has 0 saturated carbocycles. The first-order valence-corrected chi connectivity index (χ1v) is 3.13. The fourth-order valence-electron chi connectivity index (χ4n) is 0.648. The van der Waals surface area contributed by atoms with E-state index in [1.54, 1.807) is 7.11 Å². The van der Waals surface area contributed by atoms with E-state index in [1.807, 2.05) is 6.92 Å². The summed E-state index contributed by atoms with van der Waals surface area (Å²) in [4.78, 5) is 0. The summed E-state index contributed by atoms with van der Waals surface area (Å²) in [5, 5.41) is 2.93. The molecular weight excluding hydrogens is 121 g/mol. The molecule has 0 amide bonds. The molecule has 0 heterocycles. The first-order valence-electron chi connectivity index (χ1n) is 3.13. The van der Waals surface area contributed by atoms with Gasteiger partial charge in [0.15, 0.2) is 0 Å². The van der Waals surface area contributed by atoms with E-state index in [1.165, 1.54) is 0 Å². The summed E-state index contributed by atoms with van der Waals surface area (Å²) < 4.78 is 16.6. The van der Waals surface area contributed by atoms with Crippen molar-refractivity contribution in [3.63, 3.8) is 0 Å². The van der Waals surface area contributed by atoms with Gasteiger partial charge < -0.3 is 10.1 Å². The topological polar surface area (TPSA) is 21.3 Å². The SMILES string of the molecule is CCNC(CF)COC. The number of ether oxygens (including phenoxy) is 1. The Morgan fingerprint density at radius 3 is 2.67 bits per heavy atom. The highest BCUT2D eigenvalue weighted by atomic mass is 19.1. The molecule has 9 heavy (non-hydrogen) atoms. The Kier molecular flexibility index (Phi) is 5.88. The summed E-state index contributed by atoms with van der Waals surface area (Å²) in [6, 6.07) is -0.125. The van der Waals surface area contributed by atoms with Gasteiger partial charge in [-0.1, -0.05) is 6.92 Å². The Hall–Kier alpha value is -0.150. The van der Waals surface area contributed by atoms with Crippen LogP contribution in [-0.4, -0.2) is 33.0 Å². The Labute approximate surface area is 55.4 Å². The monoisotopic (exact) mass is 135 g/mol. The van der Waals surface area contributed by atoms with Gasteiger partial charge in [-0.25, -0.2) is 4.39 Å². The molecule has 0 rings (SSSR count). The summed E-state index contributed by atoms with van der Waals surface area (Å²) in [6.45, 7) is 2.82. The molecule has 2 nitrogen and oxygen atoms in total. The molecule has 1 atom stereocenters. The summed E-state index contributed by atoms with van der Waals surface area (Å²) in [5.74, 6) is 0. The van der Waals surface area contributed by atoms with Crippen molar-refractivity contribution in [3.05, 3.63) is 0 Å². The fourth-order valence-corrected chi connectivity index (χ4v) is 0.648. The molecule has 1 unspecified atom stereocenters. The van der Waals surface area contributed by atoms with Gasteiger partial charge in [0, 0.05) is 7.11 Å². The zero-order chi connectivity index (χ0) is 7.11. The third kappa shape index (κ3) is 4.36. The van der Waals surface area contributed by atoms with Crippen molar-refractivity contribution in [2.45, 2.75) is 13.0 Å². The van der Waals surface area contributed by atoms with E-state index in [2.05, 4.69) is 5.32 Å². The molecule has 0 spiro atoms. The average molecular weight is 135 g/mol. The lowest BCUT2D eigenvalue weighted by Gasteiger charge is -2.11. The van der Waals surface area contributed by atoms with Gasteiger partial charge in [0.05, 0.1) is 12.6 Å². The maximum Gasteiger partial charge on any atom is 0.107 e. The van der Waals surface area contributed by atoms with Crippen molar-refractivity contribution in [1.82, 2.24) is 5.32 Å². The van der Waals surface area contributed by atoms with Gasteiger partial charge >= 0.3 is 0 Å². The highest BCUT2D eigenvalue weighted by Gasteiger charge is 2.03. The Bertz CT molecular complexity index is 55.0. The molecule has 1 N–H and O–H groups in total. The van der Waals surface area contributed by atoms with Crippen LogP contribution >= 0.6 is 0 Å². The molecule has 0 aliphatic heterocycles. The van der Waals surface area contributed by atoms with E-state index in [-0.39, 0.29) is 12.7 Å². The van der Waals surface area contributed by atoms with Crippen LogP contribution in [0.15, 0.2) is 0 Å². The number of likely N-dealkylation sites (N-methyl/N-ethyl adjacent to an activating group) is 1. The number of alkyl halides is 1. The lowest BCUT2D eigenvalue weighted by atomic mass is 10.3. The third-order valence-corrected chi connectivity index (χ3v) is 1.05. The minimum Gasteiger partial charge on any atom is -0.383 e. The molecule has 0 bridgehead atoms. The van der Waals surface area contributed by atoms with Crippen molar-refractivity contribution in [3.8, 4) is 0 Å². The first kappa shape index (κ1) is 8.85. The van der Waals surface area contributed by atoms with Crippen LogP contribution in [-0.2, 0) is 4.74 Å². The van der Waals surface area contributed by atoms with Crippen LogP contribution in [0.25, 0.3) is 0 Å². The van der Waals surface area contributed by atoms with Gasteiger partial charge in [-0.3, -0.25) is 0 Å². The van der Waals surface area contributed by atoms with E-state index in [9.17, 15) is 4.39 Å². The first-order chi connectivity index (χ1) is 4.35. The molecule has 0 aromatic carbocycles. The van der Waals surface area contributed by atoms with E-state index in [4.69, 9.17) is 4.74 Å². The van der Waals surface area contributed by atoms with Gasteiger partial charge in [0.1, 0.15) is 6.67 Å². The molecule has 0 fully saturated rings. The van der Waals surface area contributed by atoms with Crippen molar-refractivity contribution < 1.29 is 9.13 Å². The van der Waals surface area contributed by atoms with E-state index in [0.717, 1.165) is 6.54 Å². The van der Waals surface area contributed by atoms with Crippen LogP contribution in [0, 0.1) is 0 Å². The van der Waals surface area contributed by atoms with Gasteiger partial charge in [-0.05, 0) is 6.54 Å². The van der Waals surface area contributed by atoms with Gasteiger partial charge in [0.25, 0.3) is 0 Å². The number of nitrogens with one attached hydrogen (secondary N) is 1. The lowest BCUT2D eigenvalue weighted by molar-refractivity contribution is 0.154. The standard InChI is InChI=1S/C6H14FNO/c1-3-8-6(4-7)5-9-2/h6,8H,3-5H2,1-2H3. The highest BCUT2D eigenvalue weighted by Crippen LogP contribution is 1.84. The molecule has 3 heteroatoms. The molecule has 0 aliphatic carbocycles. The summed E-state index contributed by atoms with van der Waals surface area (Å²) in [6.07, 6.45) is 0. The molecule has 0 aromatic heterocycles. The second kappa shape index (κ2) is 5.98. The van der Waals surface area contributed by atoms with Crippen molar-refractivity contribution >= 4 is 0 Å². The van der Waals surface area contributed by atoms with Crippen molar-refractivity contribution in [2.75, 3.05) is 26.9 Å². The zero-order valence-electron chi connectivity index (χ0n) is 5.98. The third-order valence-electron chi connectivity index (χ3n) is 1.05. The van der Waals surface area contributed by atoms with Crippen LogP contribution in [0.5, 0.6) is 0 Å². The van der Waals surface area contributed by atoms with Crippen molar-refractivity contribution in [1.29, 1.82) is 0 Å². The molecule has 0 aromatic rings. The fraction of sp³-hybridized carbons (Fsp3) is 1.00. The lowest BCUT2D eigenvalue weighted by Crippen LogP contribution is -2.34. The summed E-state index contributed by atoms with van der Waals surface area (Å²) in [7, 11) is 1.57. The highest BCUT2D eigenvalue weighted by molar-refractivity contribution is 4.61. The maximum atomic E-state index is 11.9. The van der Waals surface area contributed by atoms with Crippen LogP contribution in [0.1, 0.15) is 6.92 Å². The number of halogens is 1. The van der Waals surface area contributed by atoms with Crippen LogP contribution in [0.2, 0.25) is 0 Å². The molecular formula is C6H14FNO. The number of methoxy groups -OCH3 is 1. The second-order valence-electron chi connectivity index (χ2n) is 1.86. The summed E-state index contributed by atoms with van der Waals surface area (Å²) >= 11 is 0. The Morgan fingerprint density at radius 1 is 1.67 bits per heavy atom. The maximum absolute atomic E-state index is 11.9. The largest absolute Gasteiger partial charge is 0.383 e. The van der Waals surface area contributed by atoms with E-state index in [0.29, 0.717) is 6.61 Å². The molecule has 0 aliphatic rings. The number of rotatable bonds is 5. The predicted octanol–water partition coefficient (Wildman–Crippen LogP) is 0.580. The smallest absolute Gasteiger partial charge is 0.107 e.